The van der Waals surface area contributed by atoms with Crippen LogP contribution in [0.5, 0.6) is 0 Å². The predicted molar refractivity (Wildman–Crippen MR) is 47.1 cm³/mol. The van der Waals surface area contributed by atoms with E-state index in [1.165, 1.54) is 16.2 Å². The van der Waals surface area contributed by atoms with Crippen LogP contribution < -0.4 is 5.73 Å². The number of carbonyl (C=O) groups is 1. The van der Waals surface area contributed by atoms with Crippen LogP contribution in [0.3, 0.4) is 0 Å². The molecule has 1 aromatic rings. The van der Waals surface area contributed by atoms with Gasteiger partial charge in [-0.1, -0.05) is 6.92 Å². The van der Waals surface area contributed by atoms with Crippen LogP contribution in [0.2, 0.25) is 0 Å². The standard InChI is InChI=1S/C8H11NOS/c1-2-6-3-4-8(11-6)7(10)5-9/h3-4H,2,5,9H2,1H3. The number of carbonyl (C=O) groups excluding carboxylic acids is 1. The van der Waals surface area contributed by atoms with Crippen molar-refractivity contribution in [1.29, 1.82) is 0 Å². The predicted octanol–water partition coefficient (Wildman–Crippen LogP) is 1.45. The summed E-state index contributed by atoms with van der Waals surface area (Å²) in [5, 5.41) is 0. The lowest BCUT2D eigenvalue weighted by atomic mass is 10.3. The molecule has 0 fully saturated rings. The second kappa shape index (κ2) is 3.64. The van der Waals surface area contributed by atoms with Gasteiger partial charge in [-0.05, 0) is 18.6 Å². The molecule has 0 saturated heterocycles. The van der Waals surface area contributed by atoms with E-state index in [2.05, 4.69) is 6.92 Å². The van der Waals surface area contributed by atoms with E-state index in [0.29, 0.717) is 0 Å². The summed E-state index contributed by atoms with van der Waals surface area (Å²) >= 11 is 1.54. The number of hydrogen-bond donors (Lipinski definition) is 1. The second-order valence-corrected chi connectivity index (χ2v) is 3.42. The largest absolute Gasteiger partial charge is 0.324 e. The molecular formula is C8H11NOS. The minimum atomic E-state index is 0.0368. The van der Waals surface area contributed by atoms with Crippen molar-refractivity contribution in [2.45, 2.75) is 13.3 Å². The molecule has 0 aliphatic rings. The monoisotopic (exact) mass is 169 g/mol. The van der Waals surface area contributed by atoms with Crippen LogP contribution in [0, 0.1) is 0 Å². The molecule has 0 aliphatic carbocycles. The van der Waals surface area contributed by atoms with Crippen molar-refractivity contribution in [3.05, 3.63) is 21.9 Å². The van der Waals surface area contributed by atoms with Crippen molar-refractivity contribution < 1.29 is 4.79 Å². The first kappa shape index (κ1) is 8.43. The van der Waals surface area contributed by atoms with Crippen molar-refractivity contribution in [3.63, 3.8) is 0 Å². The van der Waals surface area contributed by atoms with Gasteiger partial charge >= 0.3 is 0 Å². The van der Waals surface area contributed by atoms with Gasteiger partial charge in [0.15, 0.2) is 5.78 Å². The van der Waals surface area contributed by atoms with Crippen LogP contribution in [-0.4, -0.2) is 12.3 Å². The molecule has 11 heavy (non-hydrogen) atoms. The first-order chi connectivity index (χ1) is 5.27. The Morgan fingerprint density at radius 3 is 2.82 bits per heavy atom. The third-order valence-electron chi connectivity index (χ3n) is 1.47. The average molecular weight is 169 g/mol. The van der Waals surface area contributed by atoms with Gasteiger partial charge < -0.3 is 5.73 Å². The molecule has 60 valence electrons. The smallest absolute Gasteiger partial charge is 0.186 e. The molecule has 0 unspecified atom stereocenters. The first-order valence-electron chi connectivity index (χ1n) is 3.60. The summed E-state index contributed by atoms with van der Waals surface area (Å²) in [6.45, 7) is 2.19. The van der Waals surface area contributed by atoms with E-state index in [1.54, 1.807) is 0 Å². The maximum atomic E-state index is 11.0. The summed E-state index contributed by atoms with van der Waals surface area (Å²) in [5.41, 5.74) is 5.21. The molecule has 0 amide bonds. The van der Waals surface area contributed by atoms with Crippen LogP contribution in [0.25, 0.3) is 0 Å². The van der Waals surface area contributed by atoms with Gasteiger partial charge in [0, 0.05) is 4.88 Å². The van der Waals surface area contributed by atoms with E-state index in [4.69, 9.17) is 5.73 Å². The zero-order valence-corrected chi connectivity index (χ0v) is 7.28. The fraction of sp³-hybridized carbons (Fsp3) is 0.375. The van der Waals surface area contributed by atoms with E-state index in [1.807, 2.05) is 12.1 Å². The highest BCUT2D eigenvalue weighted by molar-refractivity contribution is 7.14. The second-order valence-electron chi connectivity index (χ2n) is 2.25. The van der Waals surface area contributed by atoms with E-state index < -0.39 is 0 Å². The minimum Gasteiger partial charge on any atom is -0.324 e. The van der Waals surface area contributed by atoms with Crippen molar-refractivity contribution >= 4 is 17.1 Å². The van der Waals surface area contributed by atoms with E-state index >= 15 is 0 Å². The van der Waals surface area contributed by atoms with Crippen LogP contribution in [0.4, 0.5) is 0 Å². The van der Waals surface area contributed by atoms with Gasteiger partial charge in [0.25, 0.3) is 0 Å². The summed E-state index contributed by atoms with van der Waals surface area (Å²) in [5.74, 6) is 0.0368. The van der Waals surface area contributed by atoms with Gasteiger partial charge in [-0.3, -0.25) is 4.79 Å². The molecule has 3 heteroatoms. The normalized spacial score (nSPS) is 10.0. The lowest BCUT2D eigenvalue weighted by Gasteiger charge is -1.88. The van der Waals surface area contributed by atoms with Gasteiger partial charge in [0.05, 0.1) is 11.4 Å². The van der Waals surface area contributed by atoms with E-state index in [0.717, 1.165) is 11.3 Å². The summed E-state index contributed by atoms with van der Waals surface area (Å²) in [7, 11) is 0. The van der Waals surface area contributed by atoms with Crippen LogP contribution in [0.15, 0.2) is 12.1 Å². The minimum absolute atomic E-state index is 0.0368. The molecular weight excluding hydrogens is 158 g/mol. The van der Waals surface area contributed by atoms with Crippen molar-refractivity contribution in [2.75, 3.05) is 6.54 Å². The number of aryl methyl sites for hydroxylation is 1. The Labute approximate surface area is 70.0 Å². The summed E-state index contributed by atoms with van der Waals surface area (Å²) in [6.07, 6.45) is 0.989. The number of hydrogen-bond acceptors (Lipinski definition) is 3. The van der Waals surface area contributed by atoms with Crippen LogP contribution in [0.1, 0.15) is 21.5 Å². The molecule has 0 aliphatic heterocycles. The average Bonchev–Trinajstić information content (AvgIpc) is 2.50. The Morgan fingerprint density at radius 2 is 2.36 bits per heavy atom. The van der Waals surface area contributed by atoms with Crippen molar-refractivity contribution in [2.24, 2.45) is 5.73 Å². The third-order valence-corrected chi connectivity index (χ3v) is 2.74. The lowest BCUT2D eigenvalue weighted by Crippen LogP contribution is -2.11. The molecule has 0 atom stereocenters. The Bertz CT molecular complexity index is 254. The highest BCUT2D eigenvalue weighted by Gasteiger charge is 2.05. The Balaban J connectivity index is 2.80. The molecule has 2 N–H and O–H groups in total. The summed E-state index contributed by atoms with van der Waals surface area (Å²) in [6, 6.07) is 3.83. The van der Waals surface area contributed by atoms with Gasteiger partial charge in [-0.25, -0.2) is 0 Å². The van der Waals surface area contributed by atoms with E-state index in [-0.39, 0.29) is 12.3 Å². The molecule has 0 spiro atoms. The SMILES string of the molecule is CCc1ccc(C(=O)CN)s1. The third kappa shape index (κ3) is 1.88. The summed E-state index contributed by atoms with van der Waals surface area (Å²) in [4.78, 5) is 13.0. The number of ketones is 1. The highest BCUT2D eigenvalue weighted by atomic mass is 32.1. The fourth-order valence-corrected chi connectivity index (χ4v) is 1.71. The Morgan fingerprint density at radius 1 is 1.64 bits per heavy atom. The maximum absolute atomic E-state index is 11.0. The van der Waals surface area contributed by atoms with Crippen molar-refractivity contribution in [3.8, 4) is 0 Å². The Kier molecular flexibility index (Phi) is 2.79. The molecule has 2 nitrogen and oxygen atoms in total. The van der Waals surface area contributed by atoms with E-state index in [9.17, 15) is 4.79 Å². The topological polar surface area (TPSA) is 43.1 Å². The number of thiophene rings is 1. The molecule has 1 aromatic heterocycles. The number of Topliss-reactive ketones (excluding diaryl/α,β-unsaturated/α-hetero) is 1. The quantitative estimate of drug-likeness (QED) is 0.696. The molecule has 0 radical (unpaired) electrons. The molecule has 1 heterocycles. The number of nitrogens with two attached hydrogens (primary N) is 1. The highest BCUT2D eigenvalue weighted by Crippen LogP contribution is 2.16. The van der Waals surface area contributed by atoms with Gasteiger partial charge in [-0.15, -0.1) is 11.3 Å². The molecule has 0 saturated carbocycles. The van der Waals surface area contributed by atoms with Gasteiger partial charge in [-0.2, -0.15) is 0 Å². The molecule has 0 bridgehead atoms. The molecule has 1 rings (SSSR count). The zero-order valence-electron chi connectivity index (χ0n) is 6.46. The molecule has 0 aromatic carbocycles. The van der Waals surface area contributed by atoms with Crippen LogP contribution >= 0.6 is 11.3 Å². The van der Waals surface area contributed by atoms with Crippen molar-refractivity contribution in [1.82, 2.24) is 0 Å². The Hall–Kier alpha value is -0.670. The van der Waals surface area contributed by atoms with Gasteiger partial charge in [0.1, 0.15) is 0 Å². The van der Waals surface area contributed by atoms with Gasteiger partial charge in [0.2, 0.25) is 0 Å². The number of rotatable bonds is 3. The zero-order chi connectivity index (χ0) is 8.27. The maximum Gasteiger partial charge on any atom is 0.186 e. The lowest BCUT2D eigenvalue weighted by molar-refractivity contribution is 0.100. The summed E-state index contributed by atoms with van der Waals surface area (Å²) < 4.78 is 0. The first-order valence-corrected chi connectivity index (χ1v) is 4.41. The van der Waals surface area contributed by atoms with Crippen LogP contribution in [-0.2, 0) is 6.42 Å². The fourth-order valence-electron chi connectivity index (χ4n) is 0.818.